The Labute approximate surface area is 93.0 Å². The van der Waals surface area contributed by atoms with Gasteiger partial charge in [0.05, 0.1) is 0 Å². The van der Waals surface area contributed by atoms with Crippen molar-refractivity contribution in [1.29, 1.82) is 0 Å². The molecule has 0 spiro atoms. The van der Waals surface area contributed by atoms with Gasteiger partial charge in [0.1, 0.15) is 0 Å². The third-order valence-corrected chi connectivity index (χ3v) is 3.17. The second-order valence-electron chi connectivity index (χ2n) is 4.49. The molecular formula is C12H24N2O. The first-order valence-electron chi connectivity index (χ1n) is 6.31. The molecule has 1 aliphatic carbocycles. The summed E-state index contributed by atoms with van der Waals surface area (Å²) in [5.41, 5.74) is 0. The first-order chi connectivity index (χ1) is 7.43. The van der Waals surface area contributed by atoms with Crippen LogP contribution in [0.2, 0.25) is 0 Å². The van der Waals surface area contributed by atoms with Crippen molar-refractivity contribution in [2.75, 3.05) is 19.6 Å². The van der Waals surface area contributed by atoms with Crippen LogP contribution in [0.15, 0.2) is 0 Å². The maximum atomic E-state index is 9.94. The lowest BCUT2D eigenvalue weighted by Gasteiger charge is -2.20. The fraction of sp³-hybridized carbons (Fsp3) is 0.917. The van der Waals surface area contributed by atoms with E-state index >= 15 is 0 Å². The Kier molecular flexibility index (Phi) is 7.26. The van der Waals surface area contributed by atoms with Crippen molar-refractivity contribution < 1.29 is 4.79 Å². The predicted octanol–water partition coefficient (Wildman–Crippen LogP) is 1.68. The zero-order chi connectivity index (χ0) is 10.8. The van der Waals surface area contributed by atoms with Gasteiger partial charge in [0.2, 0.25) is 6.41 Å². The van der Waals surface area contributed by atoms with Gasteiger partial charge in [-0.15, -0.1) is 0 Å². The van der Waals surface area contributed by atoms with Gasteiger partial charge >= 0.3 is 0 Å². The molecule has 1 amide bonds. The van der Waals surface area contributed by atoms with Gasteiger partial charge in [0, 0.05) is 6.54 Å². The summed E-state index contributed by atoms with van der Waals surface area (Å²) >= 11 is 0. The number of nitrogens with one attached hydrogen (secondary N) is 2. The topological polar surface area (TPSA) is 41.1 Å². The maximum absolute atomic E-state index is 9.94. The molecule has 1 aliphatic heterocycles. The summed E-state index contributed by atoms with van der Waals surface area (Å²) in [6, 6.07) is 0. The summed E-state index contributed by atoms with van der Waals surface area (Å²) in [7, 11) is 0. The van der Waals surface area contributed by atoms with Crippen LogP contribution in [-0.4, -0.2) is 26.0 Å². The number of carbonyl (C=O) groups excluding carboxylic acids is 1. The average molecular weight is 212 g/mol. The molecule has 1 heterocycles. The average Bonchev–Trinajstić information content (AvgIpc) is 2.86. The molecule has 0 aromatic carbocycles. The molecule has 1 saturated heterocycles. The summed E-state index contributed by atoms with van der Waals surface area (Å²) in [4.78, 5) is 9.94. The van der Waals surface area contributed by atoms with Crippen molar-refractivity contribution in [2.45, 2.75) is 44.9 Å². The Morgan fingerprint density at radius 3 is 2.20 bits per heavy atom. The number of hydrogen-bond donors (Lipinski definition) is 2. The predicted molar refractivity (Wildman–Crippen MR) is 62.7 cm³/mol. The Hall–Kier alpha value is -0.570. The molecule has 3 heteroatoms. The normalized spacial score (nSPS) is 21.6. The molecule has 0 atom stereocenters. The molecule has 2 N–H and O–H groups in total. The summed E-state index contributed by atoms with van der Waals surface area (Å²) < 4.78 is 0. The Bertz CT molecular complexity index is 144. The van der Waals surface area contributed by atoms with Gasteiger partial charge < -0.3 is 10.6 Å². The van der Waals surface area contributed by atoms with Gasteiger partial charge in [0.25, 0.3) is 0 Å². The van der Waals surface area contributed by atoms with E-state index in [4.69, 9.17) is 0 Å². The molecule has 88 valence electrons. The van der Waals surface area contributed by atoms with Crippen LogP contribution in [-0.2, 0) is 4.79 Å². The zero-order valence-electron chi connectivity index (χ0n) is 9.63. The van der Waals surface area contributed by atoms with E-state index in [1.54, 1.807) is 0 Å². The number of carbonyl (C=O) groups is 1. The molecule has 3 nitrogen and oxygen atoms in total. The van der Waals surface area contributed by atoms with E-state index in [2.05, 4.69) is 10.6 Å². The molecular weight excluding hydrogens is 188 g/mol. The third-order valence-electron chi connectivity index (χ3n) is 3.17. The van der Waals surface area contributed by atoms with E-state index in [-0.39, 0.29) is 0 Å². The van der Waals surface area contributed by atoms with Crippen molar-refractivity contribution in [1.82, 2.24) is 10.6 Å². The van der Waals surface area contributed by atoms with Crippen molar-refractivity contribution in [3.8, 4) is 0 Å². The highest BCUT2D eigenvalue weighted by Gasteiger charge is 2.11. The van der Waals surface area contributed by atoms with Crippen LogP contribution in [0.5, 0.6) is 0 Å². The summed E-state index contributed by atoms with van der Waals surface area (Å²) in [6.07, 6.45) is 10.3. The molecule has 0 unspecified atom stereocenters. The fourth-order valence-electron chi connectivity index (χ4n) is 2.23. The van der Waals surface area contributed by atoms with Crippen LogP contribution in [0.4, 0.5) is 0 Å². The molecule has 2 rings (SSSR count). The number of rotatable bonds is 3. The fourth-order valence-corrected chi connectivity index (χ4v) is 2.23. The van der Waals surface area contributed by atoms with Crippen LogP contribution in [0.3, 0.4) is 0 Å². The number of amides is 1. The standard InChI is InChI=1S/C8H15NO.C4H9N/c10-7-9-6-8-4-2-1-3-5-8;1-2-4-5-3-1/h7-8H,1-6H2,(H,9,10);5H,1-4H2. The highest BCUT2D eigenvalue weighted by Crippen LogP contribution is 2.22. The van der Waals surface area contributed by atoms with E-state index in [9.17, 15) is 4.79 Å². The van der Waals surface area contributed by atoms with Crippen LogP contribution < -0.4 is 10.6 Å². The lowest BCUT2D eigenvalue weighted by atomic mass is 9.89. The van der Waals surface area contributed by atoms with Gasteiger partial charge in [-0.05, 0) is 44.7 Å². The summed E-state index contributed by atoms with van der Waals surface area (Å²) in [5, 5.41) is 5.96. The molecule has 0 radical (unpaired) electrons. The van der Waals surface area contributed by atoms with Crippen molar-refractivity contribution in [3.05, 3.63) is 0 Å². The molecule has 0 aromatic heterocycles. The third kappa shape index (κ3) is 6.50. The monoisotopic (exact) mass is 212 g/mol. The second-order valence-corrected chi connectivity index (χ2v) is 4.49. The maximum Gasteiger partial charge on any atom is 0.207 e. The Morgan fingerprint density at radius 1 is 1.07 bits per heavy atom. The highest BCUT2D eigenvalue weighted by atomic mass is 16.1. The van der Waals surface area contributed by atoms with Gasteiger partial charge in [-0.1, -0.05) is 19.3 Å². The molecule has 1 saturated carbocycles. The largest absolute Gasteiger partial charge is 0.358 e. The van der Waals surface area contributed by atoms with E-state index in [1.165, 1.54) is 58.0 Å². The van der Waals surface area contributed by atoms with Crippen LogP contribution in [0.1, 0.15) is 44.9 Å². The van der Waals surface area contributed by atoms with Crippen molar-refractivity contribution in [3.63, 3.8) is 0 Å². The second kappa shape index (κ2) is 8.72. The minimum atomic E-state index is 0.763. The quantitative estimate of drug-likeness (QED) is 0.699. The Morgan fingerprint density at radius 2 is 1.73 bits per heavy atom. The molecule has 2 aliphatic rings. The first kappa shape index (κ1) is 12.5. The van der Waals surface area contributed by atoms with E-state index in [0.29, 0.717) is 0 Å². The van der Waals surface area contributed by atoms with Crippen LogP contribution >= 0.6 is 0 Å². The zero-order valence-corrected chi connectivity index (χ0v) is 9.63. The lowest BCUT2D eigenvalue weighted by molar-refractivity contribution is -0.109. The number of hydrogen-bond acceptors (Lipinski definition) is 2. The van der Waals surface area contributed by atoms with Crippen molar-refractivity contribution >= 4 is 6.41 Å². The van der Waals surface area contributed by atoms with E-state index in [0.717, 1.165) is 18.9 Å². The van der Waals surface area contributed by atoms with Gasteiger partial charge in [-0.2, -0.15) is 0 Å². The van der Waals surface area contributed by atoms with Crippen molar-refractivity contribution in [2.24, 2.45) is 5.92 Å². The minimum Gasteiger partial charge on any atom is -0.358 e. The molecule has 2 fully saturated rings. The van der Waals surface area contributed by atoms with Gasteiger partial charge in [0.15, 0.2) is 0 Å². The van der Waals surface area contributed by atoms with E-state index in [1.807, 2.05) is 0 Å². The first-order valence-corrected chi connectivity index (χ1v) is 6.31. The molecule has 0 aromatic rings. The smallest absolute Gasteiger partial charge is 0.207 e. The lowest BCUT2D eigenvalue weighted by Crippen LogP contribution is -2.22. The van der Waals surface area contributed by atoms with Crippen LogP contribution in [0.25, 0.3) is 0 Å². The molecule has 15 heavy (non-hydrogen) atoms. The Balaban J connectivity index is 0.000000187. The summed E-state index contributed by atoms with van der Waals surface area (Å²) in [5.74, 6) is 0.763. The van der Waals surface area contributed by atoms with Crippen LogP contribution in [0, 0.1) is 5.92 Å². The highest BCUT2D eigenvalue weighted by molar-refractivity contribution is 5.45. The SMILES string of the molecule is C1CCNC1.O=CNCC1CCCCC1. The molecule has 0 bridgehead atoms. The minimum absolute atomic E-state index is 0.763. The summed E-state index contributed by atoms with van der Waals surface area (Å²) in [6.45, 7) is 3.39. The van der Waals surface area contributed by atoms with Gasteiger partial charge in [-0.3, -0.25) is 4.79 Å². The van der Waals surface area contributed by atoms with Gasteiger partial charge in [-0.25, -0.2) is 0 Å². The van der Waals surface area contributed by atoms with E-state index < -0.39 is 0 Å².